The summed E-state index contributed by atoms with van der Waals surface area (Å²) in [5, 5.41) is 0.994. The molecule has 0 bridgehead atoms. The van der Waals surface area contributed by atoms with E-state index in [2.05, 4.69) is 18.8 Å². The third kappa shape index (κ3) is 2.06. The molecule has 1 unspecified atom stereocenters. The molecular formula is C14H17N3S. The van der Waals surface area contributed by atoms with Gasteiger partial charge in [0.25, 0.3) is 0 Å². The molecule has 18 heavy (non-hydrogen) atoms. The molecule has 0 aromatic carbocycles. The van der Waals surface area contributed by atoms with Crippen LogP contribution in [0.1, 0.15) is 36.9 Å². The summed E-state index contributed by atoms with van der Waals surface area (Å²) < 4.78 is 0. The third-order valence-corrected chi connectivity index (χ3v) is 4.62. The fraction of sp³-hybridized carbons (Fsp3) is 0.429. The molecular weight excluding hydrogens is 242 g/mol. The van der Waals surface area contributed by atoms with Crippen LogP contribution in [-0.2, 0) is 6.42 Å². The molecule has 4 heteroatoms. The largest absolute Gasteiger partial charge is 0.323 e. The highest BCUT2D eigenvalue weighted by molar-refractivity contribution is 7.15. The minimum atomic E-state index is 0.124. The predicted octanol–water partition coefficient (Wildman–Crippen LogP) is 3.18. The lowest BCUT2D eigenvalue weighted by atomic mass is 9.77. The van der Waals surface area contributed by atoms with Gasteiger partial charge in [-0.15, -0.1) is 11.3 Å². The average Bonchev–Trinajstić information content (AvgIpc) is 2.72. The van der Waals surface area contributed by atoms with E-state index in [-0.39, 0.29) is 11.5 Å². The molecule has 2 aromatic heterocycles. The van der Waals surface area contributed by atoms with Gasteiger partial charge in [-0.3, -0.25) is 4.98 Å². The van der Waals surface area contributed by atoms with E-state index in [1.54, 1.807) is 17.5 Å². The summed E-state index contributed by atoms with van der Waals surface area (Å²) in [6.45, 7) is 4.52. The van der Waals surface area contributed by atoms with E-state index in [9.17, 15) is 0 Å². The van der Waals surface area contributed by atoms with Gasteiger partial charge < -0.3 is 5.73 Å². The maximum Gasteiger partial charge on any atom is 0.142 e. The maximum absolute atomic E-state index is 6.26. The highest BCUT2D eigenvalue weighted by Gasteiger charge is 2.33. The second-order valence-electron chi connectivity index (χ2n) is 5.70. The van der Waals surface area contributed by atoms with Gasteiger partial charge in [0.05, 0.1) is 11.4 Å². The third-order valence-electron chi connectivity index (χ3n) is 3.37. The van der Waals surface area contributed by atoms with Crippen LogP contribution < -0.4 is 5.73 Å². The SMILES string of the molecule is CC1(C)Cc2nc(-c3ccccn3)sc2C(N)C1. The molecule has 0 aliphatic heterocycles. The summed E-state index contributed by atoms with van der Waals surface area (Å²) >= 11 is 1.70. The lowest BCUT2D eigenvalue weighted by molar-refractivity contribution is 0.282. The van der Waals surface area contributed by atoms with Crippen molar-refractivity contribution in [2.24, 2.45) is 11.1 Å². The first-order chi connectivity index (χ1) is 8.55. The van der Waals surface area contributed by atoms with Gasteiger partial charge in [0.1, 0.15) is 5.01 Å². The van der Waals surface area contributed by atoms with Crippen molar-refractivity contribution < 1.29 is 0 Å². The highest BCUT2D eigenvalue weighted by atomic mass is 32.1. The normalized spacial score (nSPS) is 21.6. The molecule has 2 N–H and O–H groups in total. The molecule has 0 amide bonds. The van der Waals surface area contributed by atoms with Crippen LogP contribution in [0.3, 0.4) is 0 Å². The Balaban J connectivity index is 2.03. The number of pyridine rings is 1. The second kappa shape index (κ2) is 4.14. The number of thiazole rings is 1. The van der Waals surface area contributed by atoms with E-state index in [1.165, 1.54) is 10.6 Å². The Morgan fingerprint density at radius 3 is 2.94 bits per heavy atom. The van der Waals surface area contributed by atoms with Crippen LogP contribution in [0.15, 0.2) is 24.4 Å². The number of rotatable bonds is 1. The van der Waals surface area contributed by atoms with E-state index in [4.69, 9.17) is 10.7 Å². The van der Waals surface area contributed by atoms with Crippen molar-refractivity contribution in [2.45, 2.75) is 32.7 Å². The van der Waals surface area contributed by atoms with Crippen molar-refractivity contribution in [1.82, 2.24) is 9.97 Å². The summed E-state index contributed by atoms with van der Waals surface area (Å²) in [5.41, 5.74) is 8.63. The topological polar surface area (TPSA) is 51.8 Å². The monoisotopic (exact) mass is 259 g/mol. The van der Waals surface area contributed by atoms with Crippen LogP contribution in [0.4, 0.5) is 0 Å². The number of nitrogens with zero attached hydrogens (tertiary/aromatic N) is 2. The van der Waals surface area contributed by atoms with Gasteiger partial charge in [0.15, 0.2) is 0 Å². The van der Waals surface area contributed by atoms with Crippen LogP contribution in [0.2, 0.25) is 0 Å². The molecule has 2 heterocycles. The van der Waals surface area contributed by atoms with Crippen LogP contribution in [0.5, 0.6) is 0 Å². The minimum absolute atomic E-state index is 0.124. The van der Waals surface area contributed by atoms with Gasteiger partial charge >= 0.3 is 0 Å². The Morgan fingerprint density at radius 2 is 2.22 bits per heavy atom. The summed E-state index contributed by atoms with van der Waals surface area (Å²) in [7, 11) is 0. The Kier molecular flexibility index (Phi) is 2.72. The lowest BCUT2D eigenvalue weighted by Gasteiger charge is -2.32. The number of fused-ring (bicyclic) bond motifs is 1. The zero-order valence-electron chi connectivity index (χ0n) is 10.7. The predicted molar refractivity (Wildman–Crippen MR) is 74.4 cm³/mol. The van der Waals surface area contributed by atoms with Gasteiger partial charge in [-0.25, -0.2) is 4.98 Å². The molecule has 3 nitrogen and oxygen atoms in total. The lowest BCUT2D eigenvalue weighted by Crippen LogP contribution is -2.28. The summed E-state index contributed by atoms with van der Waals surface area (Å²) in [5.74, 6) is 0. The van der Waals surface area contributed by atoms with E-state index in [1.807, 2.05) is 18.2 Å². The zero-order valence-corrected chi connectivity index (χ0v) is 11.5. The quantitative estimate of drug-likeness (QED) is 0.855. The number of aromatic nitrogens is 2. The van der Waals surface area contributed by atoms with Gasteiger partial charge in [-0.1, -0.05) is 19.9 Å². The van der Waals surface area contributed by atoms with Crippen LogP contribution in [0, 0.1) is 5.41 Å². The number of nitrogens with two attached hydrogens (primary N) is 1. The molecule has 3 rings (SSSR count). The van der Waals surface area contributed by atoms with Gasteiger partial charge in [-0.05, 0) is 30.4 Å². The Hall–Kier alpha value is -1.26. The molecule has 0 saturated heterocycles. The van der Waals surface area contributed by atoms with Gasteiger partial charge in [0.2, 0.25) is 0 Å². The summed E-state index contributed by atoms with van der Waals surface area (Å²) in [6, 6.07) is 6.04. The van der Waals surface area contributed by atoms with Crippen molar-refractivity contribution in [2.75, 3.05) is 0 Å². The van der Waals surface area contributed by atoms with E-state index >= 15 is 0 Å². The molecule has 0 fully saturated rings. The van der Waals surface area contributed by atoms with Crippen molar-refractivity contribution in [1.29, 1.82) is 0 Å². The molecule has 1 atom stereocenters. The summed E-state index contributed by atoms with van der Waals surface area (Å²) in [4.78, 5) is 10.3. The van der Waals surface area contributed by atoms with Crippen LogP contribution >= 0.6 is 11.3 Å². The summed E-state index contributed by atoms with van der Waals surface area (Å²) in [6.07, 6.45) is 3.85. The average molecular weight is 259 g/mol. The molecule has 2 aromatic rings. The van der Waals surface area contributed by atoms with Crippen LogP contribution in [0.25, 0.3) is 10.7 Å². The van der Waals surface area contributed by atoms with E-state index < -0.39 is 0 Å². The molecule has 94 valence electrons. The van der Waals surface area contributed by atoms with Crippen molar-refractivity contribution in [3.05, 3.63) is 35.0 Å². The second-order valence-corrected chi connectivity index (χ2v) is 6.73. The molecule has 1 aliphatic rings. The van der Waals surface area contributed by atoms with Crippen molar-refractivity contribution in [3.63, 3.8) is 0 Å². The minimum Gasteiger partial charge on any atom is -0.323 e. The van der Waals surface area contributed by atoms with E-state index in [0.717, 1.165) is 23.5 Å². The first-order valence-corrected chi connectivity index (χ1v) is 7.03. The van der Waals surface area contributed by atoms with Crippen molar-refractivity contribution >= 4 is 11.3 Å². The molecule has 0 radical (unpaired) electrons. The Labute approximate surface area is 111 Å². The molecule has 1 aliphatic carbocycles. The number of hydrogen-bond donors (Lipinski definition) is 1. The van der Waals surface area contributed by atoms with Gasteiger partial charge in [0, 0.05) is 17.1 Å². The first kappa shape index (κ1) is 11.8. The highest BCUT2D eigenvalue weighted by Crippen LogP contribution is 2.43. The standard InChI is InChI=1S/C14H17N3S/c1-14(2)7-9(15)12-11(8-14)17-13(18-12)10-5-3-4-6-16-10/h3-6,9H,7-8,15H2,1-2H3. The fourth-order valence-electron chi connectivity index (χ4n) is 2.59. The Bertz CT molecular complexity index is 560. The fourth-order valence-corrected chi connectivity index (χ4v) is 3.65. The van der Waals surface area contributed by atoms with Crippen molar-refractivity contribution in [3.8, 4) is 10.7 Å². The van der Waals surface area contributed by atoms with Gasteiger partial charge in [-0.2, -0.15) is 0 Å². The first-order valence-electron chi connectivity index (χ1n) is 6.22. The molecule has 0 saturated carbocycles. The maximum atomic E-state index is 6.26. The Morgan fingerprint density at radius 1 is 1.39 bits per heavy atom. The van der Waals surface area contributed by atoms with Crippen LogP contribution in [-0.4, -0.2) is 9.97 Å². The number of hydrogen-bond acceptors (Lipinski definition) is 4. The smallest absolute Gasteiger partial charge is 0.142 e. The van der Waals surface area contributed by atoms with E-state index in [0.29, 0.717) is 0 Å². The zero-order chi connectivity index (χ0) is 12.8. The molecule has 0 spiro atoms.